The largest absolute Gasteiger partial charge is 0.478 e. The fourth-order valence-electron chi connectivity index (χ4n) is 2.49. The molecule has 1 aromatic heterocycles. The van der Waals surface area contributed by atoms with E-state index in [1.165, 1.54) is 12.8 Å². The molecule has 0 radical (unpaired) electrons. The van der Waals surface area contributed by atoms with Crippen LogP contribution in [0.5, 0.6) is 0 Å². The van der Waals surface area contributed by atoms with Crippen molar-refractivity contribution < 1.29 is 9.90 Å². The second-order valence-corrected chi connectivity index (χ2v) is 5.46. The summed E-state index contributed by atoms with van der Waals surface area (Å²) in [6, 6.07) is 13.7. The van der Waals surface area contributed by atoms with Gasteiger partial charge in [0.25, 0.3) is 0 Å². The van der Waals surface area contributed by atoms with E-state index in [0.717, 1.165) is 24.3 Å². The monoisotopic (exact) mass is 282 g/mol. The van der Waals surface area contributed by atoms with Crippen LogP contribution in [-0.2, 0) is 13.1 Å². The fraction of sp³-hybridized carbons (Fsp3) is 0.294. The lowest BCUT2D eigenvalue weighted by molar-refractivity contribution is 0.0696. The van der Waals surface area contributed by atoms with Crippen molar-refractivity contribution in [1.29, 1.82) is 0 Å². The molecule has 0 atom stereocenters. The summed E-state index contributed by atoms with van der Waals surface area (Å²) in [4.78, 5) is 17.8. The van der Waals surface area contributed by atoms with Gasteiger partial charge in [0, 0.05) is 25.3 Å². The molecule has 0 amide bonds. The van der Waals surface area contributed by atoms with Gasteiger partial charge in [-0.3, -0.25) is 9.88 Å². The molecule has 0 spiro atoms. The third-order valence-corrected chi connectivity index (χ3v) is 3.71. The third kappa shape index (κ3) is 3.67. The van der Waals surface area contributed by atoms with Crippen LogP contribution in [0.2, 0.25) is 0 Å². The quantitative estimate of drug-likeness (QED) is 0.885. The normalized spacial score (nSPS) is 14.3. The van der Waals surface area contributed by atoms with Crippen molar-refractivity contribution in [2.24, 2.45) is 0 Å². The predicted molar refractivity (Wildman–Crippen MR) is 79.9 cm³/mol. The zero-order valence-electron chi connectivity index (χ0n) is 11.8. The average Bonchev–Trinajstić information content (AvgIpc) is 3.33. The molecule has 4 nitrogen and oxygen atoms in total. The molecule has 1 aliphatic rings. The van der Waals surface area contributed by atoms with Crippen molar-refractivity contribution in [2.75, 3.05) is 0 Å². The van der Waals surface area contributed by atoms with Crippen LogP contribution < -0.4 is 0 Å². The number of carbonyl (C=O) groups is 1. The van der Waals surface area contributed by atoms with Gasteiger partial charge in [0.1, 0.15) is 0 Å². The van der Waals surface area contributed by atoms with Crippen molar-refractivity contribution in [2.45, 2.75) is 32.0 Å². The van der Waals surface area contributed by atoms with Gasteiger partial charge >= 0.3 is 5.97 Å². The molecule has 1 saturated carbocycles. The second-order valence-electron chi connectivity index (χ2n) is 5.46. The van der Waals surface area contributed by atoms with Gasteiger partial charge < -0.3 is 5.11 Å². The lowest BCUT2D eigenvalue weighted by atomic mass is 10.1. The van der Waals surface area contributed by atoms with Crippen molar-refractivity contribution in [3.8, 4) is 0 Å². The fourth-order valence-corrected chi connectivity index (χ4v) is 2.49. The Bertz CT molecular complexity index is 624. The summed E-state index contributed by atoms with van der Waals surface area (Å²) >= 11 is 0. The Balaban J connectivity index is 1.73. The molecular weight excluding hydrogens is 264 g/mol. The van der Waals surface area contributed by atoms with Crippen LogP contribution in [0, 0.1) is 0 Å². The van der Waals surface area contributed by atoms with E-state index in [2.05, 4.69) is 9.88 Å². The van der Waals surface area contributed by atoms with E-state index >= 15 is 0 Å². The van der Waals surface area contributed by atoms with E-state index < -0.39 is 5.97 Å². The van der Waals surface area contributed by atoms with Crippen LogP contribution >= 0.6 is 0 Å². The van der Waals surface area contributed by atoms with Crippen LogP contribution in [0.25, 0.3) is 0 Å². The Morgan fingerprint density at radius 3 is 2.71 bits per heavy atom. The van der Waals surface area contributed by atoms with Gasteiger partial charge in [-0.05, 0) is 42.7 Å². The first-order valence-electron chi connectivity index (χ1n) is 7.18. The first-order valence-corrected chi connectivity index (χ1v) is 7.18. The highest BCUT2D eigenvalue weighted by atomic mass is 16.4. The number of carboxylic acids is 1. The van der Waals surface area contributed by atoms with Crippen LogP contribution in [0.15, 0.2) is 48.7 Å². The highest BCUT2D eigenvalue weighted by Gasteiger charge is 2.29. The standard InChI is InChI=1S/C17H18N2O2/c20-17(21)14-5-3-4-13(10-14)11-19(16-7-8-16)12-15-6-1-2-9-18-15/h1-6,9-10,16H,7-8,11-12H2,(H,20,21). The molecule has 1 aromatic carbocycles. The molecule has 1 heterocycles. The van der Waals surface area contributed by atoms with E-state index in [1.54, 1.807) is 12.1 Å². The molecule has 2 aromatic rings. The zero-order valence-corrected chi connectivity index (χ0v) is 11.8. The number of aromatic nitrogens is 1. The van der Waals surface area contributed by atoms with Crippen molar-refractivity contribution in [3.05, 3.63) is 65.5 Å². The van der Waals surface area contributed by atoms with Gasteiger partial charge in [-0.1, -0.05) is 18.2 Å². The molecule has 4 heteroatoms. The van der Waals surface area contributed by atoms with Gasteiger partial charge in [-0.25, -0.2) is 4.79 Å². The molecule has 108 valence electrons. The first-order chi connectivity index (χ1) is 10.2. The topological polar surface area (TPSA) is 53.4 Å². The molecule has 1 aliphatic carbocycles. The second kappa shape index (κ2) is 6.06. The average molecular weight is 282 g/mol. The minimum atomic E-state index is -0.875. The lowest BCUT2D eigenvalue weighted by Crippen LogP contribution is -2.25. The van der Waals surface area contributed by atoms with E-state index in [0.29, 0.717) is 11.6 Å². The molecule has 3 rings (SSSR count). The highest BCUT2D eigenvalue weighted by Crippen LogP contribution is 2.29. The number of pyridine rings is 1. The smallest absolute Gasteiger partial charge is 0.335 e. The van der Waals surface area contributed by atoms with E-state index in [9.17, 15) is 4.79 Å². The summed E-state index contributed by atoms with van der Waals surface area (Å²) in [5, 5.41) is 9.08. The zero-order chi connectivity index (χ0) is 14.7. The van der Waals surface area contributed by atoms with E-state index in [4.69, 9.17) is 5.11 Å². The first kappa shape index (κ1) is 13.8. The summed E-state index contributed by atoms with van der Waals surface area (Å²) in [7, 11) is 0. The predicted octanol–water partition coefficient (Wildman–Crippen LogP) is 2.94. The van der Waals surface area contributed by atoms with Crippen LogP contribution in [0.3, 0.4) is 0 Å². The van der Waals surface area contributed by atoms with E-state index in [1.807, 2.05) is 36.5 Å². The van der Waals surface area contributed by atoms with Crippen molar-refractivity contribution >= 4 is 5.97 Å². The van der Waals surface area contributed by atoms with Gasteiger partial charge in [-0.2, -0.15) is 0 Å². The van der Waals surface area contributed by atoms with Gasteiger partial charge in [0.05, 0.1) is 11.3 Å². The number of nitrogens with zero attached hydrogens (tertiary/aromatic N) is 2. The molecule has 0 aliphatic heterocycles. The molecular formula is C17H18N2O2. The molecule has 1 fully saturated rings. The van der Waals surface area contributed by atoms with Crippen LogP contribution in [0.4, 0.5) is 0 Å². The maximum Gasteiger partial charge on any atom is 0.335 e. The summed E-state index contributed by atoms with van der Waals surface area (Å²) < 4.78 is 0. The molecule has 0 saturated heterocycles. The van der Waals surface area contributed by atoms with Gasteiger partial charge in [0.15, 0.2) is 0 Å². The minimum Gasteiger partial charge on any atom is -0.478 e. The lowest BCUT2D eigenvalue weighted by Gasteiger charge is -2.21. The van der Waals surface area contributed by atoms with Crippen molar-refractivity contribution in [3.63, 3.8) is 0 Å². The number of carboxylic acid groups (broad SMARTS) is 1. The van der Waals surface area contributed by atoms with Gasteiger partial charge in [0.2, 0.25) is 0 Å². The third-order valence-electron chi connectivity index (χ3n) is 3.71. The summed E-state index contributed by atoms with van der Waals surface area (Å²) in [6.07, 6.45) is 4.24. The number of benzene rings is 1. The summed E-state index contributed by atoms with van der Waals surface area (Å²) in [5.74, 6) is -0.875. The highest BCUT2D eigenvalue weighted by molar-refractivity contribution is 5.87. The van der Waals surface area contributed by atoms with Crippen molar-refractivity contribution in [1.82, 2.24) is 9.88 Å². The Morgan fingerprint density at radius 1 is 1.19 bits per heavy atom. The van der Waals surface area contributed by atoms with Gasteiger partial charge in [-0.15, -0.1) is 0 Å². The Morgan fingerprint density at radius 2 is 2.05 bits per heavy atom. The number of aromatic carboxylic acids is 1. The maximum absolute atomic E-state index is 11.1. The Labute approximate surface area is 124 Å². The Kier molecular flexibility index (Phi) is 3.97. The molecule has 21 heavy (non-hydrogen) atoms. The van der Waals surface area contributed by atoms with Crippen LogP contribution in [0.1, 0.15) is 34.5 Å². The van der Waals surface area contributed by atoms with Crippen LogP contribution in [-0.4, -0.2) is 27.0 Å². The molecule has 0 unspecified atom stereocenters. The summed E-state index contributed by atoms with van der Waals surface area (Å²) in [6.45, 7) is 1.57. The summed E-state index contributed by atoms with van der Waals surface area (Å²) in [5.41, 5.74) is 2.44. The van der Waals surface area contributed by atoms with E-state index in [-0.39, 0.29) is 0 Å². The number of hydrogen-bond donors (Lipinski definition) is 1. The number of hydrogen-bond acceptors (Lipinski definition) is 3. The molecule has 1 N–H and O–H groups in total. The molecule has 0 bridgehead atoms. The minimum absolute atomic E-state index is 0.348. The Hall–Kier alpha value is -2.20. The number of rotatable bonds is 6. The maximum atomic E-state index is 11.1. The SMILES string of the molecule is O=C(O)c1cccc(CN(Cc2ccccn2)C2CC2)c1.